The highest BCUT2D eigenvalue weighted by atomic mass is 79.9. The molecule has 0 bridgehead atoms. The summed E-state index contributed by atoms with van der Waals surface area (Å²) in [5.41, 5.74) is 5.69. The van der Waals surface area contributed by atoms with Gasteiger partial charge in [0.15, 0.2) is 0 Å². The quantitative estimate of drug-likeness (QED) is 0.881. The lowest BCUT2D eigenvalue weighted by Gasteiger charge is -2.14. The molecule has 1 aromatic heterocycles. The topological polar surface area (TPSA) is 68.0 Å². The molecule has 0 radical (unpaired) electrons. The van der Waals surface area contributed by atoms with Gasteiger partial charge in [-0.05, 0) is 34.0 Å². The van der Waals surface area contributed by atoms with Gasteiger partial charge in [0.2, 0.25) is 5.91 Å². The second-order valence-electron chi connectivity index (χ2n) is 3.62. The summed E-state index contributed by atoms with van der Waals surface area (Å²) in [6.07, 6.45) is 1.62. The number of amides is 1. The SMILES string of the molecule is CC(C)[C@@H](N)C(=O)Nc1ccc(Br)cn1. The van der Waals surface area contributed by atoms with Crippen LogP contribution in [0.2, 0.25) is 0 Å². The molecule has 15 heavy (non-hydrogen) atoms. The van der Waals surface area contributed by atoms with E-state index in [4.69, 9.17) is 5.73 Å². The third-order valence-electron chi connectivity index (χ3n) is 2.00. The second-order valence-corrected chi connectivity index (χ2v) is 4.54. The molecule has 1 aromatic rings. The first kappa shape index (κ1) is 12.1. The summed E-state index contributed by atoms with van der Waals surface area (Å²) >= 11 is 3.26. The van der Waals surface area contributed by atoms with Crippen molar-refractivity contribution in [2.45, 2.75) is 19.9 Å². The number of nitrogens with zero attached hydrogens (tertiary/aromatic N) is 1. The lowest BCUT2D eigenvalue weighted by atomic mass is 10.1. The average molecular weight is 272 g/mol. The maximum absolute atomic E-state index is 11.6. The lowest BCUT2D eigenvalue weighted by Crippen LogP contribution is -2.39. The summed E-state index contributed by atoms with van der Waals surface area (Å²) in [7, 11) is 0. The zero-order valence-corrected chi connectivity index (χ0v) is 10.3. The Morgan fingerprint density at radius 3 is 2.67 bits per heavy atom. The number of aromatic nitrogens is 1. The summed E-state index contributed by atoms with van der Waals surface area (Å²) in [6, 6.07) is 3.02. The number of halogens is 1. The Morgan fingerprint density at radius 2 is 2.20 bits per heavy atom. The van der Waals surface area contributed by atoms with Crippen LogP contribution in [-0.2, 0) is 4.79 Å². The highest BCUT2D eigenvalue weighted by molar-refractivity contribution is 9.10. The van der Waals surface area contributed by atoms with E-state index in [0.29, 0.717) is 5.82 Å². The van der Waals surface area contributed by atoms with Gasteiger partial charge < -0.3 is 11.1 Å². The van der Waals surface area contributed by atoms with Crippen LogP contribution < -0.4 is 11.1 Å². The molecule has 0 aliphatic carbocycles. The Hall–Kier alpha value is -0.940. The number of hydrogen-bond acceptors (Lipinski definition) is 3. The van der Waals surface area contributed by atoms with Crippen molar-refractivity contribution >= 4 is 27.7 Å². The van der Waals surface area contributed by atoms with Gasteiger partial charge >= 0.3 is 0 Å². The number of pyridine rings is 1. The zero-order chi connectivity index (χ0) is 11.4. The number of hydrogen-bond donors (Lipinski definition) is 2. The normalized spacial score (nSPS) is 12.6. The van der Waals surface area contributed by atoms with Crippen molar-refractivity contribution in [2.75, 3.05) is 5.32 Å². The number of nitrogens with one attached hydrogen (secondary N) is 1. The third kappa shape index (κ3) is 3.60. The average Bonchev–Trinajstić information content (AvgIpc) is 2.20. The van der Waals surface area contributed by atoms with E-state index >= 15 is 0 Å². The first-order valence-corrected chi connectivity index (χ1v) is 5.48. The van der Waals surface area contributed by atoms with E-state index in [1.807, 2.05) is 19.9 Å². The molecule has 3 N–H and O–H groups in total. The minimum absolute atomic E-state index is 0.112. The fraction of sp³-hybridized carbons (Fsp3) is 0.400. The van der Waals surface area contributed by atoms with Gasteiger partial charge in [-0.1, -0.05) is 13.8 Å². The highest BCUT2D eigenvalue weighted by Gasteiger charge is 2.17. The monoisotopic (exact) mass is 271 g/mol. The van der Waals surface area contributed by atoms with Crippen LogP contribution in [0.15, 0.2) is 22.8 Å². The largest absolute Gasteiger partial charge is 0.320 e. The molecule has 1 rings (SSSR count). The van der Waals surface area contributed by atoms with Crippen LogP contribution in [0.4, 0.5) is 5.82 Å². The fourth-order valence-corrected chi connectivity index (χ4v) is 1.20. The van der Waals surface area contributed by atoms with Gasteiger partial charge in [-0.15, -0.1) is 0 Å². The summed E-state index contributed by atoms with van der Waals surface area (Å²) < 4.78 is 0.869. The molecule has 0 spiro atoms. The van der Waals surface area contributed by atoms with Gasteiger partial charge in [0, 0.05) is 10.7 Å². The summed E-state index contributed by atoms with van der Waals surface area (Å²) in [5, 5.41) is 2.65. The molecule has 82 valence electrons. The van der Waals surface area contributed by atoms with Gasteiger partial charge in [0.25, 0.3) is 0 Å². The molecular weight excluding hydrogens is 258 g/mol. The Kier molecular flexibility index (Phi) is 4.23. The Bertz CT molecular complexity index is 337. The Labute approximate surface area is 97.4 Å². The van der Waals surface area contributed by atoms with E-state index in [0.717, 1.165) is 4.47 Å². The van der Waals surface area contributed by atoms with Crippen LogP contribution in [0.1, 0.15) is 13.8 Å². The molecule has 1 heterocycles. The van der Waals surface area contributed by atoms with E-state index in [-0.39, 0.29) is 11.8 Å². The van der Waals surface area contributed by atoms with Crippen LogP contribution in [0.3, 0.4) is 0 Å². The van der Waals surface area contributed by atoms with Crippen LogP contribution >= 0.6 is 15.9 Å². The predicted molar refractivity (Wildman–Crippen MR) is 63.4 cm³/mol. The van der Waals surface area contributed by atoms with Gasteiger partial charge in [-0.2, -0.15) is 0 Å². The van der Waals surface area contributed by atoms with Crippen molar-refractivity contribution in [3.05, 3.63) is 22.8 Å². The van der Waals surface area contributed by atoms with Gasteiger partial charge in [-0.3, -0.25) is 4.79 Å². The molecule has 0 aliphatic heterocycles. The van der Waals surface area contributed by atoms with Crippen molar-refractivity contribution in [3.8, 4) is 0 Å². The van der Waals surface area contributed by atoms with E-state index < -0.39 is 6.04 Å². The molecule has 0 saturated carbocycles. The van der Waals surface area contributed by atoms with Crippen molar-refractivity contribution in [3.63, 3.8) is 0 Å². The van der Waals surface area contributed by atoms with Gasteiger partial charge in [-0.25, -0.2) is 4.98 Å². The standard InChI is InChI=1S/C10H14BrN3O/c1-6(2)9(12)10(15)14-8-4-3-7(11)5-13-8/h3-6,9H,12H2,1-2H3,(H,13,14,15)/t9-/m1/s1. The van der Waals surface area contributed by atoms with E-state index in [1.165, 1.54) is 0 Å². The second kappa shape index (κ2) is 5.23. The highest BCUT2D eigenvalue weighted by Crippen LogP contribution is 2.11. The maximum atomic E-state index is 11.6. The van der Waals surface area contributed by atoms with E-state index in [2.05, 4.69) is 26.2 Å². The van der Waals surface area contributed by atoms with Gasteiger partial charge in [0.05, 0.1) is 6.04 Å². The number of carbonyl (C=O) groups is 1. The number of carbonyl (C=O) groups excluding carboxylic acids is 1. The molecule has 0 unspecified atom stereocenters. The summed E-state index contributed by atoms with van der Waals surface area (Å²) in [4.78, 5) is 15.6. The molecular formula is C10H14BrN3O. The number of rotatable bonds is 3. The summed E-state index contributed by atoms with van der Waals surface area (Å²) in [5.74, 6) is 0.416. The number of anilines is 1. The minimum Gasteiger partial charge on any atom is -0.320 e. The van der Waals surface area contributed by atoms with Gasteiger partial charge in [0.1, 0.15) is 5.82 Å². The minimum atomic E-state index is -0.504. The maximum Gasteiger partial charge on any atom is 0.242 e. The Balaban J connectivity index is 2.62. The van der Waals surface area contributed by atoms with Crippen LogP contribution in [0.25, 0.3) is 0 Å². The van der Waals surface area contributed by atoms with Crippen molar-refractivity contribution in [2.24, 2.45) is 11.7 Å². The van der Waals surface area contributed by atoms with Crippen molar-refractivity contribution in [1.29, 1.82) is 0 Å². The predicted octanol–water partition coefficient (Wildman–Crippen LogP) is 1.77. The van der Waals surface area contributed by atoms with Crippen molar-refractivity contribution < 1.29 is 4.79 Å². The molecule has 1 amide bonds. The van der Waals surface area contributed by atoms with Crippen molar-refractivity contribution in [1.82, 2.24) is 4.98 Å². The molecule has 0 saturated heterocycles. The first-order chi connectivity index (χ1) is 7.00. The van der Waals surface area contributed by atoms with E-state index in [9.17, 15) is 4.79 Å². The lowest BCUT2D eigenvalue weighted by molar-refractivity contribution is -0.118. The molecule has 0 aromatic carbocycles. The first-order valence-electron chi connectivity index (χ1n) is 4.68. The fourth-order valence-electron chi connectivity index (χ4n) is 0.962. The van der Waals surface area contributed by atoms with Crippen LogP contribution in [0.5, 0.6) is 0 Å². The number of nitrogens with two attached hydrogens (primary N) is 1. The van der Waals surface area contributed by atoms with E-state index in [1.54, 1.807) is 12.3 Å². The van der Waals surface area contributed by atoms with Crippen LogP contribution in [-0.4, -0.2) is 16.9 Å². The molecule has 0 aliphatic rings. The molecule has 1 atom stereocenters. The van der Waals surface area contributed by atoms with Crippen LogP contribution in [0, 0.1) is 5.92 Å². The molecule has 5 heteroatoms. The Morgan fingerprint density at radius 1 is 1.53 bits per heavy atom. The third-order valence-corrected chi connectivity index (χ3v) is 2.47. The zero-order valence-electron chi connectivity index (χ0n) is 8.70. The summed E-state index contributed by atoms with van der Waals surface area (Å²) in [6.45, 7) is 3.80. The smallest absolute Gasteiger partial charge is 0.242 e. The molecule has 0 fully saturated rings. The molecule has 4 nitrogen and oxygen atoms in total.